The maximum absolute atomic E-state index is 11.9. The fourth-order valence-corrected chi connectivity index (χ4v) is 2.14. The summed E-state index contributed by atoms with van der Waals surface area (Å²) in [6.45, 7) is 2.56. The van der Waals surface area contributed by atoms with Gasteiger partial charge in [-0.1, -0.05) is 5.21 Å². The summed E-state index contributed by atoms with van der Waals surface area (Å²) >= 11 is 0. The minimum Gasteiger partial charge on any atom is -0.461 e. The van der Waals surface area contributed by atoms with Crippen LogP contribution in [0.5, 0.6) is 0 Å². The Kier molecular flexibility index (Phi) is 3.21. The maximum Gasteiger partial charge on any atom is 0.360 e. The molecule has 1 aliphatic rings. The van der Waals surface area contributed by atoms with E-state index in [2.05, 4.69) is 20.4 Å². The van der Waals surface area contributed by atoms with Crippen LogP contribution in [-0.4, -0.2) is 42.3 Å². The number of rotatable bonds is 5. The zero-order valence-electron chi connectivity index (χ0n) is 11.5. The Balaban J connectivity index is 1.91. The van der Waals surface area contributed by atoms with E-state index in [1.54, 1.807) is 16.3 Å². The SMILES string of the molecule is CCOC(=O)c1nnn(Cc2ncnn2C)c1C1CC1. The van der Waals surface area contributed by atoms with Gasteiger partial charge in [-0.2, -0.15) is 5.10 Å². The van der Waals surface area contributed by atoms with Crippen LogP contribution in [-0.2, 0) is 18.3 Å². The van der Waals surface area contributed by atoms with Gasteiger partial charge in [0.25, 0.3) is 0 Å². The first kappa shape index (κ1) is 12.8. The van der Waals surface area contributed by atoms with Crippen LogP contribution in [0.3, 0.4) is 0 Å². The minimum absolute atomic E-state index is 0.330. The molecule has 0 radical (unpaired) electrons. The highest BCUT2D eigenvalue weighted by atomic mass is 16.5. The summed E-state index contributed by atoms with van der Waals surface area (Å²) in [6, 6.07) is 0. The number of hydrogen-bond acceptors (Lipinski definition) is 6. The zero-order chi connectivity index (χ0) is 14.1. The van der Waals surface area contributed by atoms with Crippen molar-refractivity contribution in [1.82, 2.24) is 29.8 Å². The Hall–Kier alpha value is -2.25. The lowest BCUT2D eigenvalue weighted by Crippen LogP contribution is -2.13. The number of nitrogens with zero attached hydrogens (tertiary/aromatic N) is 6. The molecule has 0 bridgehead atoms. The van der Waals surface area contributed by atoms with Crippen molar-refractivity contribution in [3.63, 3.8) is 0 Å². The first-order valence-electron chi connectivity index (χ1n) is 6.64. The van der Waals surface area contributed by atoms with Crippen LogP contribution in [0.25, 0.3) is 0 Å². The first-order valence-corrected chi connectivity index (χ1v) is 6.64. The zero-order valence-corrected chi connectivity index (χ0v) is 11.5. The quantitative estimate of drug-likeness (QED) is 0.739. The largest absolute Gasteiger partial charge is 0.461 e. The normalized spacial score (nSPS) is 14.5. The molecule has 2 aromatic heterocycles. The number of esters is 1. The molecule has 0 aromatic carbocycles. The summed E-state index contributed by atoms with van der Waals surface area (Å²) in [5, 5.41) is 12.1. The average Bonchev–Trinajstić information content (AvgIpc) is 3.06. The molecular formula is C12H16N6O2. The Bertz CT molecular complexity index is 628. The van der Waals surface area contributed by atoms with E-state index < -0.39 is 5.97 Å². The number of ether oxygens (including phenoxy) is 1. The predicted octanol–water partition coefficient (Wildman–Crippen LogP) is 0.509. The molecule has 1 saturated carbocycles. The van der Waals surface area contributed by atoms with Gasteiger partial charge in [0.1, 0.15) is 18.7 Å². The lowest BCUT2D eigenvalue weighted by Gasteiger charge is -2.06. The van der Waals surface area contributed by atoms with Crippen LogP contribution in [0.1, 0.15) is 47.7 Å². The Morgan fingerprint density at radius 3 is 2.90 bits per heavy atom. The van der Waals surface area contributed by atoms with Crippen molar-refractivity contribution < 1.29 is 9.53 Å². The smallest absolute Gasteiger partial charge is 0.360 e. The minimum atomic E-state index is -0.404. The maximum atomic E-state index is 11.9. The molecule has 2 aromatic rings. The van der Waals surface area contributed by atoms with Crippen LogP contribution in [0, 0.1) is 0 Å². The van der Waals surface area contributed by atoms with Crippen LogP contribution in [0.4, 0.5) is 0 Å². The molecule has 0 saturated heterocycles. The summed E-state index contributed by atoms with van der Waals surface area (Å²) in [6.07, 6.45) is 3.60. The molecule has 1 fully saturated rings. The number of aryl methyl sites for hydroxylation is 1. The summed E-state index contributed by atoms with van der Waals surface area (Å²) in [5.41, 5.74) is 1.18. The summed E-state index contributed by atoms with van der Waals surface area (Å²) in [5.74, 6) is 0.712. The van der Waals surface area contributed by atoms with Gasteiger partial charge >= 0.3 is 5.97 Å². The van der Waals surface area contributed by atoms with Crippen molar-refractivity contribution in [3.8, 4) is 0 Å². The molecule has 2 heterocycles. The Labute approximate surface area is 115 Å². The van der Waals surface area contributed by atoms with Gasteiger partial charge in [0, 0.05) is 13.0 Å². The average molecular weight is 276 g/mol. The Morgan fingerprint density at radius 1 is 1.50 bits per heavy atom. The van der Waals surface area contributed by atoms with Crippen LogP contribution in [0.15, 0.2) is 6.33 Å². The second-order valence-electron chi connectivity index (χ2n) is 4.78. The topological polar surface area (TPSA) is 87.7 Å². The van der Waals surface area contributed by atoms with Crippen molar-refractivity contribution in [2.45, 2.75) is 32.2 Å². The highest BCUT2D eigenvalue weighted by Gasteiger charge is 2.34. The molecule has 1 aliphatic carbocycles. The van der Waals surface area contributed by atoms with E-state index in [1.165, 1.54) is 6.33 Å². The van der Waals surface area contributed by atoms with E-state index >= 15 is 0 Å². The summed E-state index contributed by atoms with van der Waals surface area (Å²) in [7, 11) is 1.82. The van der Waals surface area contributed by atoms with Gasteiger partial charge in [0.15, 0.2) is 5.69 Å². The summed E-state index contributed by atoms with van der Waals surface area (Å²) < 4.78 is 8.44. The Morgan fingerprint density at radius 2 is 2.30 bits per heavy atom. The fourth-order valence-electron chi connectivity index (χ4n) is 2.14. The molecule has 0 atom stereocenters. The fraction of sp³-hybridized carbons (Fsp3) is 0.583. The van der Waals surface area contributed by atoms with Gasteiger partial charge in [0.05, 0.1) is 12.3 Å². The van der Waals surface area contributed by atoms with E-state index in [0.717, 1.165) is 24.4 Å². The second kappa shape index (κ2) is 5.03. The summed E-state index contributed by atoms with van der Waals surface area (Å²) in [4.78, 5) is 16.1. The molecule has 0 amide bonds. The van der Waals surface area contributed by atoms with E-state index in [4.69, 9.17) is 4.74 Å². The monoisotopic (exact) mass is 276 g/mol. The van der Waals surface area contributed by atoms with Crippen molar-refractivity contribution >= 4 is 5.97 Å². The van der Waals surface area contributed by atoms with Crippen LogP contribution < -0.4 is 0 Å². The van der Waals surface area contributed by atoms with Crippen molar-refractivity contribution in [2.24, 2.45) is 7.05 Å². The van der Waals surface area contributed by atoms with Crippen molar-refractivity contribution in [3.05, 3.63) is 23.5 Å². The highest BCUT2D eigenvalue weighted by Crippen LogP contribution is 2.41. The van der Waals surface area contributed by atoms with Crippen molar-refractivity contribution in [2.75, 3.05) is 6.61 Å². The number of carbonyl (C=O) groups excluding carboxylic acids is 1. The molecule has 3 rings (SSSR count). The van der Waals surface area contributed by atoms with Crippen LogP contribution in [0.2, 0.25) is 0 Å². The third-order valence-electron chi connectivity index (χ3n) is 3.30. The molecule has 8 heteroatoms. The van der Waals surface area contributed by atoms with Gasteiger partial charge in [-0.3, -0.25) is 4.68 Å². The third-order valence-corrected chi connectivity index (χ3v) is 3.30. The predicted molar refractivity (Wildman–Crippen MR) is 68.1 cm³/mol. The van der Waals surface area contributed by atoms with Gasteiger partial charge in [0.2, 0.25) is 0 Å². The lowest BCUT2D eigenvalue weighted by atomic mass is 10.2. The molecule has 106 valence electrons. The van der Waals surface area contributed by atoms with Gasteiger partial charge in [-0.05, 0) is 19.8 Å². The van der Waals surface area contributed by atoms with E-state index in [1.807, 2.05) is 7.05 Å². The van der Waals surface area contributed by atoms with Crippen molar-refractivity contribution in [1.29, 1.82) is 0 Å². The molecule has 0 spiro atoms. The van der Waals surface area contributed by atoms with Crippen LogP contribution >= 0.6 is 0 Å². The number of hydrogen-bond donors (Lipinski definition) is 0. The molecular weight excluding hydrogens is 260 g/mol. The molecule has 0 N–H and O–H groups in total. The van der Waals surface area contributed by atoms with E-state index in [0.29, 0.717) is 24.8 Å². The molecule has 20 heavy (non-hydrogen) atoms. The lowest BCUT2D eigenvalue weighted by molar-refractivity contribution is 0.0518. The molecule has 0 aliphatic heterocycles. The first-order chi connectivity index (χ1) is 9.70. The third kappa shape index (κ3) is 2.28. The van der Waals surface area contributed by atoms with E-state index in [9.17, 15) is 4.79 Å². The van der Waals surface area contributed by atoms with Gasteiger partial charge in [-0.25, -0.2) is 14.5 Å². The standard InChI is InChI=1S/C12H16N6O2/c1-3-20-12(19)10-11(8-4-5-8)18(16-15-10)6-9-13-7-14-17(9)2/h7-8H,3-6H2,1-2H3. The number of carbonyl (C=O) groups is 1. The number of aromatic nitrogens is 6. The van der Waals surface area contributed by atoms with Gasteiger partial charge in [-0.15, -0.1) is 5.10 Å². The highest BCUT2D eigenvalue weighted by molar-refractivity contribution is 5.88. The molecule has 0 unspecified atom stereocenters. The van der Waals surface area contributed by atoms with E-state index in [-0.39, 0.29) is 0 Å². The van der Waals surface area contributed by atoms with Gasteiger partial charge < -0.3 is 4.74 Å². The molecule has 8 nitrogen and oxygen atoms in total. The second-order valence-corrected chi connectivity index (χ2v) is 4.78.